The molecule has 0 amide bonds. The first kappa shape index (κ1) is 16.3. The maximum atomic E-state index is 13.9. The normalized spacial score (nSPS) is 20.4. The van der Waals surface area contributed by atoms with Crippen LogP contribution in [0.15, 0.2) is 52.5 Å². The van der Waals surface area contributed by atoms with Crippen LogP contribution in [0.5, 0.6) is 5.75 Å². The molecule has 1 atom stereocenters. The van der Waals surface area contributed by atoms with Crippen LogP contribution in [0.25, 0.3) is 6.08 Å². The Hall–Kier alpha value is -1.61. The molecule has 1 aliphatic carbocycles. The number of hydrogen-bond donors (Lipinski definition) is 1. The molecule has 3 heteroatoms. The van der Waals surface area contributed by atoms with Crippen LogP contribution in [0, 0.1) is 5.82 Å². The van der Waals surface area contributed by atoms with Gasteiger partial charge >= 0.3 is 0 Å². The summed E-state index contributed by atoms with van der Waals surface area (Å²) >= 11 is 3.23. The molecule has 1 saturated carbocycles. The molecule has 0 aliphatic heterocycles. The molecule has 0 heterocycles. The molecule has 0 bridgehead atoms. The Morgan fingerprint density at radius 1 is 1.04 bits per heavy atom. The topological polar surface area (TPSA) is 20.2 Å². The SMILES string of the molecule is Oc1ccc(C=C2CCCCCC2c2ccc(Br)c(F)c2)cc1. The van der Waals surface area contributed by atoms with Crippen LogP contribution in [0.4, 0.5) is 4.39 Å². The first-order valence-electron chi connectivity index (χ1n) is 8.08. The summed E-state index contributed by atoms with van der Waals surface area (Å²) in [5.41, 5.74) is 3.50. The second-order valence-electron chi connectivity index (χ2n) is 6.14. The third kappa shape index (κ3) is 4.03. The van der Waals surface area contributed by atoms with Crippen LogP contribution < -0.4 is 0 Å². The number of halogens is 2. The Morgan fingerprint density at radius 3 is 2.57 bits per heavy atom. The first-order chi connectivity index (χ1) is 11.1. The number of phenolic OH excluding ortho intramolecular Hbond substituents is 1. The van der Waals surface area contributed by atoms with Crippen LogP contribution in [-0.4, -0.2) is 5.11 Å². The van der Waals surface area contributed by atoms with Gasteiger partial charge in [0.25, 0.3) is 0 Å². The van der Waals surface area contributed by atoms with Gasteiger partial charge in [-0.05, 0) is 70.6 Å². The molecule has 1 unspecified atom stereocenters. The van der Waals surface area contributed by atoms with Crippen molar-refractivity contribution in [2.24, 2.45) is 0 Å². The molecule has 1 aliphatic rings. The lowest BCUT2D eigenvalue weighted by Crippen LogP contribution is -2.02. The van der Waals surface area contributed by atoms with Gasteiger partial charge < -0.3 is 5.11 Å². The number of aromatic hydroxyl groups is 1. The maximum absolute atomic E-state index is 13.9. The molecule has 120 valence electrons. The Morgan fingerprint density at radius 2 is 1.83 bits per heavy atom. The largest absolute Gasteiger partial charge is 0.508 e. The maximum Gasteiger partial charge on any atom is 0.137 e. The Bertz CT molecular complexity index is 706. The summed E-state index contributed by atoms with van der Waals surface area (Å²) < 4.78 is 14.5. The molecule has 23 heavy (non-hydrogen) atoms. The van der Waals surface area contributed by atoms with Gasteiger partial charge in [-0.1, -0.05) is 42.7 Å². The van der Waals surface area contributed by atoms with E-state index in [1.54, 1.807) is 24.3 Å². The van der Waals surface area contributed by atoms with Crippen LogP contribution in [-0.2, 0) is 0 Å². The average molecular weight is 375 g/mol. The van der Waals surface area contributed by atoms with Crippen LogP contribution in [0.2, 0.25) is 0 Å². The molecular formula is C20H20BrFO. The molecule has 1 fully saturated rings. The predicted octanol–water partition coefficient (Wildman–Crippen LogP) is 6.43. The summed E-state index contributed by atoms with van der Waals surface area (Å²) in [6, 6.07) is 12.7. The van der Waals surface area contributed by atoms with Crippen molar-refractivity contribution in [2.45, 2.75) is 38.0 Å². The second-order valence-corrected chi connectivity index (χ2v) is 6.99. The lowest BCUT2D eigenvalue weighted by atomic mass is 9.86. The first-order valence-corrected chi connectivity index (χ1v) is 8.87. The smallest absolute Gasteiger partial charge is 0.137 e. The van der Waals surface area contributed by atoms with Gasteiger partial charge in [-0.2, -0.15) is 0 Å². The zero-order valence-corrected chi connectivity index (χ0v) is 14.5. The van der Waals surface area contributed by atoms with Crippen molar-refractivity contribution in [3.05, 3.63) is 69.5 Å². The molecule has 3 rings (SSSR count). The average Bonchev–Trinajstić information content (AvgIpc) is 2.78. The second kappa shape index (κ2) is 7.31. The van der Waals surface area contributed by atoms with Gasteiger partial charge in [-0.3, -0.25) is 0 Å². The molecule has 2 aromatic carbocycles. The molecule has 1 N–H and O–H groups in total. The molecule has 2 aromatic rings. The summed E-state index contributed by atoms with van der Waals surface area (Å²) in [5.74, 6) is 0.351. The third-order valence-electron chi connectivity index (χ3n) is 4.50. The van der Waals surface area contributed by atoms with Crippen molar-refractivity contribution < 1.29 is 9.50 Å². The van der Waals surface area contributed by atoms with Gasteiger partial charge in [0, 0.05) is 5.92 Å². The van der Waals surface area contributed by atoms with Gasteiger partial charge in [0.15, 0.2) is 0 Å². The van der Waals surface area contributed by atoms with E-state index >= 15 is 0 Å². The fraction of sp³-hybridized carbons (Fsp3) is 0.300. The van der Waals surface area contributed by atoms with E-state index in [4.69, 9.17) is 0 Å². The highest BCUT2D eigenvalue weighted by Crippen LogP contribution is 2.38. The fourth-order valence-electron chi connectivity index (χ4n) is 3.28. The summed E-state index contributed by atoms with van der Waals surface area (Å²) in [5, 5.41) is 9.43. The number of benzene rings is 2. The van der Waals surface area contributed by atoms with Gasteiger partial charge in [0.05, 0.1) is 4.47 Å². The van der Waals surface area contributed by atoms with E-state index < -0.39 is 0 Å². The quantitative estimate of drug-likeness (QED) is 0.600. The zero-order chi connectivity index (χ0) is 16.2. The highest BCUT2D eigenvalue weighted by atomic mass is 79.9. The number of hydrogen-bond acceptors (Lipinski definition) is 1. The van der Waals surface area contributed by atoms with Gasteiger partial charge in [0.1, 0.15) is 11.6 Å². The van der Waals surface area contributed by atoms with Crippen molar-refractivity contribution in [1.29, 1.82) is 0 Å². The molecule has 1 nitrogen and oxygen atoms in total. The monoisotopic (exact) mass is 374 g/mol. The third-order valence-corrected chi connectivity index (χ3v) is 5.14. The van der Waals surface area contributed by atoms with Crippen LogP contribution >= 0.6 is 15.9 Å². The number of rotatable bonds is 2. The molecule has 0 saturated heterocycles. The minimum atomic E-state index is -0.198. The molecule has 0 spiro atoms. The fourth-order valence-corrected chi connectivity index (χ4v) is 3.53. The molecule has 0 radical (unpaired) electrons. The minimum absolute atomic E-state index is 0.198. The van der Waals surface area contributed by atoms with E-state index in [1.807, 2.05) is 18.2 Å². The Labute approximate surface area is 145 Å². The van der Waals surface area contributed by atoms with E-state index in [0.717, 1.165) is 24.0 Å². The van der Waals surface area contributed by atoms with E-state index in [9.17, 15) is 9.50 Å². The lowest BCUT2D eigenvalue weighted by molar-refractivity contribution is 0.475. The van der Waals surface area contributed by atoms with Crippen molar-refractivity contribution in [3.8, 4) is 5.75 Å². The number of phenols is 1. The molecule has 0 aromatic heterocycles. The van der Waals surface area contributed by atoms with E-state index in [2.05, 4.69) is 22.0 Å². The van der Waals surface area contributed by atoms with Gasteiger partial charge in [-0.15, -0.1) is 0 Å². The van der Waals surface area contributed by atoms with Gasteiger partial charge in [-0.25, -0.2) is 4.39 Å². The number of allylic oxidation sites excluding steroid dienone is 1. The zero-order valence-electron chi connectivity index (χ0n) is 12.9. The summed E-state index contributed by atoms with van der Waals surface area (Å²) in [4.78, 5) is 0. The van der Waals surface area contributed by atoms with Crippen molar-refractivity contribution >= 4 is 22.0 Å². The van der Waals surface area contributed by atoms with E-state index in [0.29, 0.717) is 4.47 Å². The van der Waals surface area contributed by atoms with E-state index in [1.165, 1.54) is 24.8 Å². The lowest BCUT2D eigenvalue weighted by Gasteiger charge is -2.19. The van der Waals surface area contributed by atoms with E-state index in [-0.39, 0.29) is 17.5 Å². The Balaban J connectivity index is 1.96. The summed E-state index contributed by atoms with van der Waals surface area (Å²) in [7, 11) is 0. The minimum Gasteiger partial charge on any atom is -0.508 e. The summed E-state index contributed by atoms with van der Waals surface area (Å²) in [6.45, 7) is 0. The summed E-state index contributed by atoms with van der Waals surface area (Å²) in [6.07, 6.45) is 7.89. The predicted molar refractivity (Wildman–Crippen MR) is 96.0 cm³/mol. The highest BCUT2D eigenvalue weighted by Gasteiger charge is 2.20. The van der Waals surface area contributed by atoms with Crippen LogP contribution in [0.3, 0.4) is 0 Å². The van der Waals surface area contributed by atoms with Crippen molar-refractivity contribution in [2.75, 3.05) is 0 Å². The standard InChI is InChI=1S/C20H20BrFO/c21-19-11-8-16(13-20(19)22)18-5-3-1-2-4-15(18)12-14-6-9-17(23)10-7-14/h6-13,18,23H,1-5H2. The highest BCUT2D eigenvalue weighted by molar-refractivity contribution is 9.10. The molecular weight excluding hydrogens is 355 g/mol. The van der Waals surface area contributed by atoms with Crippen molar-refractivity contribution in [1.82, 2.24) is 0 Å². The Kier molecular flexibility index (Phi) is 5.16. The van der Waals surface area contributed by atoms with Gasteiger partial charge in [0.2, 0.25) is 0 Å². The van der Waals surface area contributed by atoms with Crippen LogP contribution in [0.1, 0.15) is 49.1 Å². The van der Waals surface area contributed by atoms with Crippen molar-refractivity contribution in [3.63, 3.8) is 0 Å².